The number of hydrogen-bond donors (Lipinski definition) is 2. The van der Waals surface area contributed by atoms with Crippen molar-refractivity contribution >= 4 is 22.4 Å². The smallest absolute Gasteiger partial charge is 0.255 e. The lowest BCUT2D eigenvalue weighted by molar-refractivity contribution is 0.0447. The van der Waals surface area contributed by atoms with Crippen molar-refractivity contribution in [2.45, 2.75) is 69.9 Å². The van der Waals surface area contributed by atoms with Crippen molar-refractivity contribution in [1.29, 1.82) is 0 Å². The highest BCUT2D eigenvalue weighted by atomic mass is 35.5. The van der Waals surface area contributed by atoms with Crippen molar-refractivity contribution in [3.05, 3.63) is 39.8 Å². The van der Waals surface area contributed by atoms with E-state index < -0.39 is 0 Å². The Balaban J connectivity index is 1.30. The maximum Gasteiger partial charge on any atom is 0.255 e. The molecule has 0 spiro atoms. The molecule has 150 valence electrons. The molecule has 0 saturated heterocycles. The maximum atomic E-state index is 12.0. The van der Waals surface area contributed by atoms with Crippen molar-refractivity contribution in [3.63, 3.8) is 0 Å². The summed E-state index contributed by atoms with van der Waals surface area (Å²) in [4.78, 5) is 14.6. The van der Waals surface area contributed by atoms with Gasteiger partial charge in [-0.15, -0.1) is 0 Å². The van der Waals surface area contributed by atoms with Gasteiger partial charge in [0.2, 0.25) is 0 Å². The molecule has 1 aromatic heterocycles. The summed E-state index contributed by atoms with van der Waals surface area (Å²) in [7, 11) is 0. The Labute approximate surface area is 170 Å². The molecule has 5 heteroatoms. The molecule has 1 heterocycles. The molecule has 0 aliphatic heterocycles. The van der Waals surface area contributed by atoms with Crippen LogP contribution in [0.25, 0.3) is 10.8 Å². The molecule has 5 rings (SSSR count). The highest BCUT2D eigenvalue weighted by Gasteiger charge is 2.48. The molecule has 1 aromatic carbocycles. The van der Waals surface area contributed by atoms with Crippen molar-refractivity contribution in [2.24, 2.45) is 23.0 Å². The van der Waals surface area contributed by atoms with E-state index >= 15 is 0 Å². The fourth-order valence-electron chi connectivity index (χ4n) is 5.27. The molecular weight excluding hydrogens is 372 g/mol. The van der Waals surface area contributed by atoms with Crippen molar-refractivity contribution in [2.75, 3.05) is 0 Å². The van der Waals surface area contributed by atoms with Crippen LogP contribution in [-0.2, 0) is 0 Å². The topological polar surface area (TPSA) is 68.1 Å². The summed E-state index contributed by atoms with van der Waals surface area (Å²) in [6.45, 7) is 0. The van der Waals surface area contributed by atoms with Gasteiger partial charge in [0.15, 0.2) is 0 Å². The molecule has 0 radical (unpaired) electrons. The van der Waals surface area contributed by atoms with Crippen LogP contribution in [0.15, 0.2) is 29.2 Å². The van der Waals surface area contributed by atoms with Crippen LogP contribution >= 0.6 is 11.6 Å². The van der Waals surface area contributed by atoms with E-state index in [0.29, 0.717) is 27.6 Å². The zero-order chi connectivity index (χ0) is 19.3. The average molecular weight is 401 g/mol. The maximum absolute atomic E-state index is 12.0. The van der Waals surface area contributed by atoms with Crippen LogP contribution in [-0.4, -0.2) is 17.1 Å². The van der Waals surface area contributed by atoms with Crippen LogP contribution in [0.5, 0.6) is 5.75 Å². The van der Waals surface area contributed by atoms with Gasteiger partial charge in [-0.05, 0) is 85.8 Å². The number of benzene rings is 1. The van der Waals surface area contributed by atoms with Gasteiger partial charge in [-0.25, -0.2) is 0 Å². The first-order chi connectivity index (χ1) is 13.5. The van der Waals surface area contributed by atoms with Gasteiger partial charge in [-0.2, -0.15) is 0 Å². The van der Waals surface area contributed by atoms with Crippen LogP contribution in [0.2, 0.25) is 5.02 Å². The summed E-state index contributed by atoms with van der Waals surface area (Å²) in [5.74, 6) is 2.35. The van der Waals surface area contributed by atoms with E-state index in [9.17, 15) is 4.79 Å². The fourth-order valence-corrected chi connectivity index (χ4v) is 5.48. The summed E-state index contributed by atoms with van der Waals surface area (Å²) in [6, 6.07) is 5.87. The molecule has 3 N–H and O–H groups in total. The molecule has 4 nitrogen and oxygen atoms in total. The molecule has 3 fully saturated rings. The zero-order valence-corrected chi connectivity index (χ0v) is 17.0. The van der Waals surface area contributed by atoms with Gasteiger partial charge in [-0.3, -0.25) is 4.79 Å². The minimum absolute atomic E-state index is 0.123. The summed E-state index contributed by atoms with van der Waals surface area (Å²) < 4.78 is 6.32. The lowest BCUT2D eigenvalue weighted by Crippen LogP contribution is -2.47. The monoisotopic (exact) mass is 400 g/mol. The van der Waals surface area contributed by atoms with Gasteiger partial charge < -0.3 is 15.5 Å². The Kier molecular flexibility index (Phi) is 4.67. The summed E-state index contributed by atoms with van der Waals surface area (Å²) in [6.07, 6.45) is 13.0. The number of pyridine rings is 1. The average Bonchev–Trinajstić information content (AvgIpc) is 3.59. The lowest BCUT2D eigenvalue weighted by Gasteiger charge is -2.45. The van der Waals surface area contributed by atoms with E-state index in [1.165, 1.54) is 32.1 Å². The van der Waals surface area contributed by atoms with Crippen molar-refractivity contribution in [1.82, 2.24) is 4.98 Å². The molecule has 1 unspecified atom stereocenters. The third kappa shape index (κ3) is 3.57. The number of hydrogen-bond acceptors (Lipinski definition) is 3. The highest BCUT2D eigenvalue weighted by molar-refractivity contribution is 6.32. The standard InChI is InChI=1S/C23H29ClN2O2/c24-19-12-18-16(7-10-26-22(18)27)11-20(19)28-17-5-8-23(9-6-17,13-14-1-2-14)21(25)15-3-4-15/h7,10-12,14-15,17,21H,1-6,8-9,13,25H2,(H,26,27). The lowest BCUT2D eigenvalue weighted by atomic mass is 9.64. The second-order valence-corrected chi connectivity index (χ2v) is 9.77. The number of fused-ring (bicyclic) bond motifs is 1. The van der Waals surface area contributed by atoms with E-state index in [2.05, 4.69) is 4.98 Å². The summed E-state index contributed by atoms with van der Waals surface area (Å²) >= 11 is 6.43. The van der Waals surface area contributed by atoms with Crippen LogP contribution in [0, 0.1) is 17.3 Å². The second kappa shape index (κ2) is 7.07. The Morgan fingerprint density at radius 2 is 1.93 bits per heavy atom. The normalized spacial score (nSPS) is 29.0. The van der Waals surface area contributed by atoms with Crippen LogP contribution in [0.3, 0.4) is 0 Å². The number of halogens is 1. The van der Waals surface area contributed by atoms with E-state index in [1.807, 2.05) is 12.1 Å². The largest absolute Gasteiger partial charge is 0.489 e. The van der Waals surface area contributed by atoms with Gasteiger partial charge in [0.05, 0.1) is 11.1 Å². The molecule has 1 atom stereocenters. The summed E-state index contributed by atoms with van der Waals surface area (Å²) in [5, 5.41) is 1.97. The number of aromatic nitrogens is 1. The quantitative estimate of drug-likeness (QED) is 0.714. The Bertz CT molecular complexity index is 924. The predicted molar refractivity (Wildman–Crippen MR) is 113 cm³/mol. The van der Waals surface area contributed by atoms with Gasteiger partial charge >= 0.3 is 0 Å². The number of ether oxygens (including phenoxy) is 1. The van der Waals surface area contributed by atoms with Gasteiger partial charge in [-0.1, -0.05) is 24.4 Å². The molecule has 3 saturated carbocycles. The molecular formula is C23H29ClN2O2. The Hall–Kier alpha value is -1.52. The highest BCUT2D eigenvalue weighted by Crippen LogP contribution is 2.54. The predicted octanol–water partition coefficient (Wildman–Crippen LogP) is 5.03. The Morgan fingerprint density at radius 1 is 1.18 bits per heavy atom. The van der Waals surface area contributed by atoms with Crippen LogP contribution < -0.4 is 16.0 Å². The van der Waals surface area contributed by atoms with Gasteiger partial charge in [0.1, 0.15) is 5.75 Å². The molecule has 3 aliphatic carbocycles. The summed E-state index contributed by atoms with van der Waals surface area (Å²) in [5.41, 5.74) is 6.97. The zero-order valence-electron chi connectivity index (χ0n) is 16.3. The first-order valence-corrected chi connectivity index (χ1v) is 11.2. The molecule has 0 bridgehead atoms. The minimum Gasteiger partial charge on any atom is -0.489 e. The van der Waals surface area contributed by atoms with Gasteiger partial charge in [0.25, 0.3) is 5.56 Å². The molecule has 0 amide bonds. The Morgan fingerprint density at radius 3 is 2.61 bits per heavy atom. The first-order valence-electron chi connectivity index (χ1n) is 10.8. The number of nitrogens with two attached hydrogens (primary N) is 1. The third-order valence-electron chi connectivity index (χ3n) is 7.28. The van der Waals surface area contributed by atoms with Crippen LogP contribution in [0.1, 0.15) is 57.8 Å². The number of H-pyrrole nitrogens is 1. The van der Waals surface area contributed by atoms with E-state index in [4.69, 9.17) is 22.1 Å². The first kappa shape index (κ1) is 18.5. The number of nitrogens with one attached hydrogen (secondary N) is 1. The van der Waals surface area contributed by atoms with Gasteiger partial charge in [0, 0.05) is 17.6 Å². The second-order valence-electron chi connectivity index (χ2n) is 9.37. The minimum atomic E-state index is -0.123. The molecule has 3 aliphatic rings. The molecule has 2 aromatic rings. The van der Waals surface area contributed by atoms with Crippen molar-refractivity contribution in [3.8, 4) is 5.75 Å². The van der Waals surface area contributed by atoms with E-state index in [1.54, 1.807) is 12.3 Å². The number of aromatic amines is 1. The van der Waals surface area contributed by atoms with Crippen LogP contribution in [0.4, 0.5) is 0 Å². The van der Waals surface area contributed by atoms with E-state index in [0.717, 1.165) is 42.9 Å². The molecule has 28 heavy (non-hydrogen) atoms. The number of rotatable bonds is 6. The third-order valence-corrected chi connectivity index (χ3v) is 7.57. The SMILES string of the molecule is NC(C1CC1)C1(CC2CC2)CCC(Oc2cc3cc[nH]c(=O)c3cc2Cl)CC1. The van der Waals surface area contributed by atoms with E-state index in [-0.39, 0.29) is 11.7 Å². The van der Waals surface area contributed by atoms with Crippen molar-refractivity contribution < 1.29 is 4.74 Å². The fraction of sp³-hybridized carbons (Fsp3) is 0.609.